The molecule has 2 fully saturated rings. The number of ether oxygens (including phenoxy) is 2. The van der Waals surface area contributed by atoms with Crippen LogP contribution in [0.3, 0.4) is 0 Å². The third kappa shape index (κ3) is 3.23. The Bertz CT molecular complexity index is 819. The van der Waals surface area contributed by atoms with E-state index >= 15 is 0 Å². The fraction of sp³-hybridized carbons (Fsp3) is 0.440. The van der Waals surface area contributed by atoms with Crippen LogP contribution in [0.1, 0.15) is 27.2 Å². The van der Waals surface area contributed by atoms with Gasteiger partial charge in [-0.1, -0.05) is 93.6 Å². The first-order chi connectivity index (χ1) is 13.8. The van der Waals surface area contributed by atoms with Crippen molar-refractivity contribution in [3.05, 3.63) is 72.8 Å². The molecule has 0 unspecified atom stereocenters. The summed E-state index contributed by atoms with van der Waals surface area (Å²) in [6.45, 7) is 12.4. The van der Waals surface area contributed by atoms with Gasteiger partial charge in [0.05, 0.1) is 19.3 Å². The van der Waals surface area contributed by atoms with Crippen LogP contribution >= 0.6 is 0 Å². The Morgan fingerprint density at radius 3 is 2.03 bits per heavy atom. The molecule has 1 aliphatic heterocycles. The van der Waals surface area contributed by atoms with Crippen LogP contribution in [0.15, 0.2) is 72.8 Å². The fourth-order valence-electron chi connectivity index (χ4n) is 5.34. The highest BCUT2D eigenvalue weighted by atomic mass is 28.4. The summed E-state index contributed by atoms with van der Waals surface area (Å²) in [6, 6.07) is 21.5. The molecule has 0 spiro atoms. The predicted octanol–water partition coefficient (Wildman–Crippen LogP) is 3.92. The van der Waals surface area contributed by atoms with Crippen molar-refractivity contribution in [2.24, 2.45) is 5.92 Å². The standard InChI is InChI=1S/C25H32O3Si/c1-19-16-25(23(26-5)22(19)17-27-25)18-28-29(24(2,3)4,20-12-8-6-9-13-20)21-14-10-7-11-15-21/h6-15,22-23H,1,16-18H2,2-5H3/t22-,23+,25-/m1/s1. The van der Waals surface area contributed by atoms with Crippen LogP contribution in [0.4, 0.5) is 0 Å². The van der Waals surface area contributed by atoms with Crippen molar-refractivity contribution in [2.75, 3.05) is 20.3 Å². The third-order valence-electron chi connectivity index (χ3n) is 6.69. The molecule has 1 saturated heterocycles. The van der Waals surface area contributed by atoms with E-state index in [0.717, 1.165) is 6.42 Å². The minimum atomic E-state index is -2.59. The van der Waals surface area contributed by atoms with Crippen molar-refractivity contribution in [3.63, 3.8) is 0 Å². The highest BCUT2D eigenvalue weighted by Gasteiger charge is 2.60. The molecule has 4 rings (SSSR count). The summed E-state index contributed by atoms with van der Waals surface area (Å²) in [5.41, 5.74) is 0.804. The molecule has 1 saturated carbocycles. The molecule has 0 N–H and O–H groups in total. The van der Waals surface area contributed by atoms with Gasteiger partial charge in [-0.2, -0.15) is 0 Å². The Balaban J connectivity index is 1.79. The van der Waals surface area contributed by atoms with Crippen molar-refractivity contribution in [3.8, 4) is 0 Å². The highest BCUT2D eigenvalue weighted by Crippen LogP contribution is 2.50. The van der Waals surface area contributed by atoms with Crippen molar-refractivity contribution in [1.82, 2.24) is 0 Å². The lowest BCUT2D eigenvalue weighted by atomic mass is 10.0. The summed E-state index contributed by atoms with van der Waals surface area (Å²) < 4.78 is 19.3. The first kappa shape index (κ1) is 20.5. The predicted molar refractivity (Wildman–Crippen MR) is 120 cm³/mol. The quantitative estimate of drug-likeness (QED) is 0.536. The van der Waals surface area contributed by atoms with E-state index in [2.05, 4.69) is 88.0 Å². The molecule has 2 aliphatic rings. The molecule has 3 atom stereocenters. The van der Waals surface area contributed by atoms with E-state index in [1.807, 2.05) is 0 Å². The van der Waals surface area contributed by atoms with Gasteiger partial charge >= 0.3 is 0 Å². The molecular weight excluding hydrogens is 376 g/mol. The number of fused-ring (bicyclic) bond motifs is 2. The average Bonchev–Trinajstić information content (AvgIpc) is 3.20. The van der Waals surface area contributed by atoms with Crippen LogP contribution in [0.25, 0.3) is 0 Å². The molecule has 3 nitrogen and oxygen atoms in total. The maximum atomic E-state index is 7.14. The molecule has 2 aromatic carbocycles. The zero-order chi connectivity index (χ0) is 20.7. The van der Waals surface area contributed by atoms with Crippen molar-refractivity contribution < 1.29 is 13.9 Å². The zero-order valence-corrected chi connectivity index (χ0v) is 19.0. The van der Waals surface area contributed by atoms with Gasteiger partial charge in [-0.3, -0.25) is 0 Å². The normalized spacial score (nSPS) is 26.8. The maximum absolute atomic E-state index is 7.14. The number of hydrogen-bond acceptors (Lipinski definition) is 3. The first-order valence-electron chi connectivity index (χ1n) is 10.4. The van der Waals surface area contributed by atoms with E-state index in [4.69, 9.17) is 13.9 Å². The molecule has 2 aromatic rings. The number of methoxy groups -OCH3 is 1. The van der Waals surface area contributed by atoms with Crippen molar-refractivity contribution in [2.45, 2.75) is 43.9 Å². The van der Waals surface area contributed by atoms with E-state index < -0.39 is 13.9 Å². The molecule has 0 aromatic heterocycles. The molecule has 29 heavy (non-hydrogen) atoms. The SMILES string of the molecule is C=C1C[C@]2(CO[Si](c3ccccc3)(c3ccccc3)C(C)(C)C)OC[C@H]1[C@@H]2OC. The molecule has 1 heterocycles. The summed E-state index contributed by atoms with van der Waals surface area (Å²) in [5, 5.41) is 2.52. The van der Waals surface area contributed by atoms with Crippen molar-refractivity contribution >= 4 is 18.7 Å². The van der Waals surface area contributed by atoms with Gasteiger partial charge in [0.1, 0.15) is 5.60 Å². The van der Waals surface area contributed by atoms with Gasteiger partial charge in [-0.05, 0) is 15.4 Å². The van der Waals surface area contributed by atoms with Gasteiger partial charge in [0, 0.05) is 19.4 Å². The van der Waals surface area contributed by atoms with Gasteiger partial charge in [0.2, 0.25) is 0 Å². The Hall–Kier alpha value is -1.72. The van der Waals surface area contributed by atoms with Crippen LogP contribution < -0.4 is 10.4 Å². The van der Waals surface area contributed by atoms with Crippen LogP contribution in [0.5, 0.6) is 0 Å². The summed E-state index contributed by atoms with van der Waals surface area (Å²) in [5.74, 6) is 0.280. The average molecular weight is 409 g/mol. The van der Waals surface area contributed by atoms with Gasteiger partial charge < -0.3 is 13.9 Å². The Morgan fingerprint density at radius 1 is 1.03 bits per heavy atom. The van der Waals surface area contributed by atoms with E-state index in [1.165, 1.54) is 15.9 Å². The van der Waals surface area contributed by atoms with E-state index in [9.17, 15) is 0 Å². The molecule has 2 bridgehead atoms. The monoisotopic (exact) mass is 408 g/mol. The molecule has 154 valence electrons. The molecule has 0 amide bonds. The Morgan fingerprint density at radius 2 is 1.59 bits per heavy atom. The van der Waals surface area contributed by atoms with Crippen LogP contribution in [0.2, 0.25) is 5.04 Å². The highest BCUT2D eigenvalue weighted by molar-refractivity contribution is 6.99. The van der Waals surface area contributed by atoms with Crippen LogP contribution in [-0.2, 0) is 13.9 Å². The third-order valence-corrected chi connectivity index (χ3v) is 11.7. The summed E-state index contributed by atoms with van der Waals surface area (Å²) in [7, 11) is -0.811. The largest absolute Gasteiger partial charge is 0.404 e. The smallest absolute Gasteiger partial charge is 0.261 e. The van der Waals surface area contributed by atoms with E-state index in [1.54, 1.807) is 7.11 Å². The van der Waals surface area contributed by atoms with E-state index in [0.29, 0.717) is 13.2 Å². The van der Waals surface area contributed by atoms with E-state index in [-0.39, 0.29) is 17.1 Å². The van der Waals surface area contributed by atoms with Gasteiger partial charge in [-0.15, -0.1) is 0 Å². The number of rotatable bonds is 6. The first-order valence-corrected chi connectivity index (χ1v) is 12.3. The lowest BCUT2D eigenvalue weighted by Gasteiger charge is -2.45. The Labute approximate surface area is 175 Å². The number of benzene rings is 2. The van der Waals surface area contributed by atoms with Gasteiger partial charge in [0.25, 0.3) is 8.32 Å². The van der Waals surface area contributed by atoms with Crippen LogP contribution in [0, 0.1) is 5.92 Å². The molecule has 0 radical (unpaired) electrons. The lowest BCUT2D eigenvalue weighted by molar-refractivity contribution is -0.0910. The fourth-order valence-corrected chi connectivity index (χ4v) is 9.95. The second-order valence-electron chi connectivity index (χ2n) is 9.43. The summed E-state index contributed by atoms with van der Waals surface area (Å²) in [6.07, 6.45) is 0.835. The minimum Gasteiger partial charge on any atom is -0.404 e. The second-order valence-corrected chi connectivity index (χ2v) is 13.7. The second kappa shape index (κ2) is 7.51. The number of hydrogen-bond donors (Lipinski definition) is 0. The lowest BCUT2D eigenvalue weighted by Crippen LogP contribution is -2.68. The van der Waals surface area contributed by atoms with Gasteiger partial charge in [0.15, 0.2) is 0 Å². The summed E-state index contributed by atoms with van der Waals surface area (Å²) >= 11 is 0. The topological polar surface area (TPSA) is 27.7 Å². The molecule has 4 heteroatoms. The van der Waals surface area contributed by atoms with Gasteiger partial charge in [-0.25, -0.2) is 0 Å². The van der Waals surface area contributed by atoms with Crippen LogP contribution in [-0.4, -0.2) is 40.3 Å². The zero-order valence-electron chi connectivity index (χ0n) is 18.0. The van der Waals surface area contributed by atoms with Crippen molar-refractivity contribution in [1.29, 1.82) is 0 Å². The molecule has 1 aliphatic carbocycles. The minimum absolute atomic E-state index is 0.0215. The maximum Gasteiger partial charge on any atom is 0.261 e. The summed E-state index contributed by atoms with van der Waals surface area (Å²) in [4.78, 5) is 0. The molecular formula is C25H32O3Si. The Kier molecular flexibility index (Phi) is 5.32.